The van der Waals surface area contributed by atoms with Crippen LogP contribution < -0.4 is 14.8 Å². The standard InChI is InChI=1S/C20H19ClN2O4/c1-4-12-5-7-13(8-6-12)16-11-18(27-23-16)22-20(24)14-9-15(21)19(26-3)17(10-14)25-2/h5-11H,4H2,1-3H3,(H,22,24). The van der Waals surface area contributed by atoms with Crippen LogP contribution in [0, 0.1) is 0 Å². The highest BCUT2D eigenvalue weighted by Gasteiger charge is 2.17. The van der Waals surface area contributed by atoms with Crippen molar-refractivity contribution in [3.05, 3.63) is 58.6 Å². The highest BCUT2D eigenvalue weighted by molar-refractivity contribution is 6.32. The number of rotatable bonds is 6. The van der Waals surface area contributed by atoms with Gasteiger partial charge in [-0.15, -0.1) is 0 Å². The molecule has 0 aliphatic heterocycles. The van der Waals surface area contributed by atoms with Crippen LogP contribution in [-0.4, -0.2) is 25.3 Å². The van der Waals surface area contributed by atoms with Crippen LogP contribution in [0.5, 0.6) is 11.5 Å². The Labute approximate surface area is 162 Å². The second kappa shape index (κ2) is 8.14. The second-order valence-electron chi connectivity index (χ2n) is 5.77. The summed E-state index contributed by atoms with van der Waals surface area (Å²) in [6.45, 7) is 2.10. The van der Waals surface area contributed by atoms with E-state index < -0.39 is 5.91 Å². The molecular formula is C20H19ClN2O4. The topological polar surface area (TPSA) is 73.6 Å². The Morgan fingerprint density at radius 2 is 1.89 bits per heavy atom. The van der Waals surface area contributed by atoms with Crippen molar-refractivity contribution < 1.29 is 18.8 Å². The van der Waals surface area contributed by atoms with Crippen molar-refractivity contribution in [2.45, 2.75) is 13.3 Å². The first-order valence-corrected chi connectivity index (χ1v) is 8.72. The number of hydrogen-bond acceptors (Lipinski definition) is 5. The average Bonchev–Trinajstić information content (AvgIpc) is 3.15. The van der Waals surface area contributed by atoms with Crippen LogP contribution in [0.4, 0.5) is 5.88 Å². The fourth-order valence-electron chi connectivity index (χ4n) is 2.61. The van der Waals surface area contributed by atoms with Crippen molar-refractivity contribution in [3.8, 4) is 22.8 Å². The summed E-state index contributed by atoms with van der Waals surface area (Å²) in [5.74, 6) is 0.569. The third-order valence-electron chi connectivity index (χ3n) is 4.10. The second-order valence-corrected chi connectivity index (χ2v) is 6.18. The van der Waals surface area contributed by atoms with Gasteiger partial charge in [0.05, 0.1) is 19.2 Å². The van der Waals surface area contributed by atoms with E-state index in [-0.39, 0.29) is 10.9 Å². The molecule has 3 rings (SSSR count). The number of anilines is 1. The molecule has 0 saturated heterocycles. The first kappa shape index (κ1) is 18.8. The number of hydrogen-bond donors (Lipinski definition) is 1. The number of carbonyl (C=O) groups excluding carboxylic acids is 1. The largest absolute Gasteiger partial charge is 0.493 e. The molecule has 0 spiro atoms. The van der Waals surface area contributed by atoms with E-state index in [1.165, 1.54) is 25.8 Å². The molecule has 6 nitrogen and oxygen atoms in total. The van der Waals surface area contributed by atoms with Crippen LogP contribution in [0.2, 0.25) is 5.02 Å². The van der Waals surface area contributed by atoms with Crippen LogP contribution in [-0.2, 0) is 6.42 Å². The predicted octanol–water partition coefficient (Wildman–Crippen LogP) is 4.83. The molecule has 140 valence electrons. The number of amides is 1. The molecule has 3 aromatic rings. The molecule has 0 aliphatic rings. The molecule has 1 heterocycles. The predicted molar refractivity (Wildman–Crippen MR) is 104 cm³/mol. The van der Waals surface area contributed by atoms with Gasteiger partial charge in [0.2, 0.25) is 5.88 Å². The first-order valence-electron chi connectivity index (χ1n) is 8.34. The van der Waals surface area contributed by atoms with E-state index >= 15 is 0 Å². The Kier molecular flexibility index (Phi) is 5.66. The molecule has 2 aromatic carbocycles. The average molecular weight is 387 g/mol. The van der Waals surface area contributed by atoms with Crippen molar-refractivity contribution in [1.82, 2.24) is 5.16 Å². The van der Waals surface area contributed by atoms with Crippen LogP contribution in [0.3, 0.4) is 0 Å². The molecular weight excluding hydrogens is 368 g/mol. The monoisotopic (exact) mass is 386 g/mol. The van der Waals surface area contributed by atoms with E-state index in [2.05, 4.69) is 17.4 Å². The van der Waals surface area contributed by atoms with E-state index in [1.807, 2.05) is 24.3 Å². The summed E-state index contributed by atoms with van der Waals surface area (Å²) in [4.78, 5) is 12.5. The van der Waals surface area contributed by atoms with E-state index in [1.54, 1.807) is 12.1 Å². The van der Waals surface area contributed by atoms with E-state index in [4.69, 9.17) is 25.6 Å². The number of nitrogens with one attached hydrogen (secondary N) is 1. The van der Waals surface area contributed by atoms with Crippen LogP contribution in [0.15, 0.2) is 47.0 Å². The summed E-state index contributed by atoms with van der Waals surface area (Å²) in [6, 6.07) is 12.7. The smallest absolute Gasteiger partial charge is 0.258 e. The maximum Gasteiger partial charge on any atom is 0.258 e. The molecule has 0 saturated carbocycles. The number of aryl methyl sites for hydroxylation is 1. The quantitative estimate of drug-likeness (QED) is 0.657. The molecule has 1 amide bonds. The van der Waals surface area contributed by atoms with Gasteiger partial charge in [-0.2, -0.15) is 0 Å². The van der Waals surface area contributed by atoms with Gasteiger partial charge in [0, 0.05) is 17.2 Å². The van der Waals surface area contributed by atoms with Crippen molar-refractivity contribution in [2.75, 3.05) is 19.5 Å². The molecule has 1 aromatic heterocycles. The lowest BCUT2D eigenvalue weighted by molar-refractivity contribution is 0.102. The lowest BCUT2D eigenvalue weighted by Gasteiger charge is -2.11. The third kappa shape index (κ3) is 4.06. The van der Waals surface area contributed by atoms with Crippen molar-refractivity contribution >= 4 is 23.4 Å². The minimum atomic E-state index is -0.401. The van der Waals surface area contributed by atoms with Gasteiger partial charge < -0.3 is 14.0 Å². The van der Waals surface area contributed by atoms with Crippen molar-refractivity contribution in [2.24, 2.45) is 0 Å². The maximum atomic E-state index is 12.5. The van der Waals surface area contributed by atoms with Gasteiger partial charge in [-0.05, 0) is 24.1 Å². The zero-order valence-corrected chi connectivity index (χ0v) is 16.0. The van der Waals surface area contributed by atoms with Gasteiger partial charge in [0.1, 0.15) is 5.69 Å². The highest BCUT2D eigenvalue weighted by Crippen LogP contribution is 2.36. The van der Waals surface area contributed by atoms with Gasteiger partial charge in [-0.1, -0.05) is 47.9 Å². The fourth-order valence-corrected chi connectivity index (χ4v) is 2.90. The van der Waals surface area contributed by atoms with Crippen molar-refractivity contribution in [1.29, 1.82) is 0 Å². The number of nitrogens with zero attached hydrogens (tertiary/aromatic N) is 1. The highest BCUT2D eigenvalue weighted by atomic mass is 35.5. The summed E-state index contributed by atoms with van der Waals surface area (Å²) in [7, 11) is 2.95. The molecule has 0 radical (unpaired) electrons. The van der Waals surface area contributed by atoms with E-state index in [0.29, 0.717) is 22.8 Å². The third-order valence-corrected chi connectivity index (χ3v) is 4.38. The van der Waals surface area contributed by atoms with Gasteiger partial charge in [-0.3, -0.25) is 10.1 Å². The Morgan fingerprint density at radius 3 is 2.52 bits per heavy atom. The number of carbonyl (C=O) groups is 1. The number of aromatic nitrogens is 1. The molecule has 27 heavy (non-hydrogen) atoms. The summed E-state index contributed by atoms with van der Waals surface area (Å²) in [6.07, 6.45) is 0.967. The zero-order chi connectivity index (χ0) is 19.4. The summed E-state index contributed by atoms with van der Waals surface area (Å²) in [5.41, 5.74) is 3.09. The summed E-state index contributed by atoms with van der Waals surface area (Å²) in [5, 5.41) is 6.94. The number of halogens is 1. The van der Waals surface area contributed by atoms with Crippen LogP contribution >= 0.6 is 11.6 Å². The van der Waals surface area contributed by atoms with Gasteiger partial charge in [0.15, 0.2) is 11.5 Å². The Bertz CT molecular complexity index is 951. The first-order chi connectivity index (χ1) is 13.0. The van der Waals surface area contributed by atoms with Crippen LogP contribution in [0.25, 0.3) is 11.3 Å². The Morgan fingerprint density at radius 1 is 1.15 bits per heavy atom. The Hall–Kier alpha value is -2.99. The molecule has 0 bridgehead atoms. The summed E-state index contributed by atoms with van der Waals surface area (Å²) >= 11 is 6.15. The minimum Gasteiger partial charge on any atom is -0.493 e. The SMILES string of the molecule is CCc1ccc(-c2cc(NC(=O)c3cc(Cl)c(OC)c(OC)c3)on2)cc1. The fraction of sp³-hybridized carbons (Fsp3) is 0.200. The van der Waals surface area contributed by atoms with Crippen molar-refractivity contribution in [3.63, 3.8) is 0 Å². The lowest BCUT2D eigenvalue weighted by Crippen LogP contribution is -2.11. The van der Waals surface area contributed by atoms with Crippen LogP contribution in [0.1, 0.15) is 22.8 Å². The summed E-state index contributed by atoms with van der Waals surface area (Å²) < 4.78 is 15.6. The van der Waals surface area contributed by atoms with Gasteiger partial charge in [0.25, 0.3) is 5.91 Å². The van der Waals surface area contributed by atoms with E-state index in [9.17, 15) is 4.79 Å². The molecule has 7 heteroatoms. The molecule has 0 aliphatic carbocycles. The number of benzene rings is 2. The normalized spacial score (nSPS) is 10.5. The number of ether oxygens (including phenoxy) is 2. The zero-order valence-electron chi connectivity index (χ0n) is 15.2. The molecule has 0 atom stereocenters. The maximum absolute atomic E-state index is 12.5. The molecule has 0 unspecified atom stereocenters. The number of methoxy groups -OCH3 is 2. The molecule has 1 N–H and O–H groups in total. The van der Waals surface area contributed by atoms with Gasteiger partial charge in [-0.25, -0.2) is 0 Å². The Balaban J connectivity index is 1.79. The van der Waals surface area contributed by atoms with Gasteiger partial charge >= 0.3 is 0 Å². The lowest BCUT2D eigenvalue weighted by atomic mass is 10.1. The molecule has 0 fully saturated rings. The minimum absolute atomic E-state index is 0.237. The van der Waals surface area contributed by atoms with E-state index in [0.717, 1.165) is 12.0 Å².